The molecule has 1 aromatic carbocycles. The molecule has 1 saturated heterocycles. The molecule has 0 unspecified atom stereocenters. The lowest BCUT2D eigenvalue weighted by Gasteiger charge is -2.31. The van der Waals surface area contributed by atoms with E-state index in [1.165, 1.54) is 12.1 Å². The van der Waals surface area contributed by atoms with Gasteiger partial charge in [-0.25, -0.2) is 8.42 Å². The van der Waals surface area contributed by atoms with Crippen molar-refractivity contribution in [3.8, 4) is 0 Å². The van der Waals surface area contributed by atoms with Crippen molar-refractivity contribution in [1.82, 2.24) is 4.90 Å². The quantitative estimate of drug-likeness (QED) is 0.881. The Kier molecular flexibility index (Phi) is 4.15. The van der Waals surface area contributed by atoms with E-state index in [1.807, 2.05) is 6.92 Å². The van der Waals surface area contributed by atoms with Crippen molar-refractivity contribution >= 4 is 15.7 Å². The van der Waals surface area contributed by atoms with E-state index in [4.69, 9.17) is 5.73 Å². The molecule has 1 heterocycles. The molecule has 1 amide bonds. The van der Waals surface area contributed by atoms with Crippen molar-refractivity contribution in [3.63, 3.8) is 0 Å². The Bertz CT molecular complexity index is 625. The van der Waals surface area contributed by atoms with Gasteiger partial charge in [0.25, 0.3) is 5.91 Å². The van der Waals surface area contributed by atoms with Gasteiger partial charge in [0, 0.05) is 31.0 Å². The molecule has 0 radical (unpaired) electrons. The van der Waals surface area contributed by atoms with E-state index in [1.54, 1.807) is 11.0 Å². The average Bonchev–Trinajstić information content (AvgIpc) is 2.37. The smallest absolute Gasteiger partial charge is 0.254 e. The average molecular weight is 296 g/mol. The summed E-state index contributed by atoms with van der Waals surface area (Å²) in [6.07, 6.45) is 2.95. The highest BCUT2D eigenvalue weighted by atomic mass is 32.2. The van der Waals surface area contributed by atoms with Crippen LogP contribution in [-0.4, -0.2) is 44.6 Å². The predicted molar refractivity (Wildman–Crippen MR) is 77.4 cm³/mol. The molecule has 1 fully saturated rings. The molecule has 0 saturated carbocycles. The van der Waals surface area contributed by atoms with Crippen molar-refractivity contribution in [1.29, 1.82) is 0 Å². The van der Waals surface area contributed by atoms with Crippen molar-refractivity contribution in [3.05, 3.63) is 29.3 Å². The highest BCUT2D eigenvalue weighted by Crippen LogP contribution is 2.19. The molecule has 0 bridgehead atoms. The van der Waals surface area contributed by atoms with Crippen LogP contribution in [0, 0.1) is 6.92 Å². The van der Waals surface area contributed by atoms with Crippen LogP contribution in [0.4, 0.5) is 0 Å². The lowest BCUT2D eigenvalue weighted by molar-refractivity contribution is 0.0708. The molecule has 2 N–H and O–H groups in total. The fourth-order valence-electron chi connectivity index (χ4n) is 2.43. The first-order valence-electron chi connectivity index (χ1n) is 6.64. The standard InChI is InChI=1S/C14H20N2O3S/c1-10-5-6-12(20(2,18)19)8-13(10)14(17)16-7-3-4-11(15)9-16/h5-6,8,11H,3-4,7,9,15H2,1-2H3/t11-/m1/s1. The second-order valence-electron chi connectivity index (χ2n) is 5.40. The Balaban J connectivity index is 2.34. The van der Waals surface area contributed by atoms with E-state index in [0.717, 1.165) is 24.7 Å². The highest BCUT2D eigenvalue weighted by molar-refractivity contribution is 7.90. The van der Waals surface area contributed by atoms with Crippen LogP contribution in [0.3, 0.4) is 0 Å². The number of benzene rings is 1. The largest absolute Gasteiger partial charge is 0.337 e. The van der Waals surface area contributed by atoms with Crippen LogP contribution in [0.15, 0.2) is 23.1 Å². The Morgan fingerprint density at radius 2 is 2.10 bits per heavy atom. The normalized spacial score (nSPS) is 19.9. The summed E-state index contributed by atoms with van der Waals surface area (Å²) in [5.41, 5.74) is 7.11. The molecule has 0 aliphatic carbocycles. The van der Waals surface area contributed by atoms with E-state index >= 15 is 0 Å². The number of rotatable bonds is 2. The zero-order chi connectivity index (χ0) is 14.9. The number of carbonyl (C=O) groups excluding carboxylic acids is 1. The summed E-state index contributed by atoms with van der Waals surface area (Å²) < 4.78 is 23.2. The molecule has 0 aromatic heterocycles. The maximum Gasteiger partial charge on any atom is 0.254 e. The maximum atomic E-state index is 12.5. The lowest BCUT2D eigenvalue weighted by atomic mass is 10.0. The van der Waals surface area contributed by atoms with Crippen LogP contribution in [0.5, 0.6) is 0 Å². The van der Waals surface area contributed by atoms with Crippen LogP contribution >= 0.6 is 0 Å². The van der Waals surface area contributed by atoms with Gasteiger partial charge in [-0.3, -0.25) is 4.79 Å². The lowest BCUT2D eigenvalue weighted by Crippen LogP contribution is -2.45. The molecular formula is C14H20N2O3S. The summed E-state index contributed by atoms with van der Waals surface area (Å²) in [5.74, 6) is -0.136. The first-order chi connectivity index (χ1) is 9.29. The zero-order valence-electron chi connectivity index (χ0n) is 11.8. The second-order valence-corrected chi connectivity index (χ2v) is 7.42. The molecule has 1 aliphatic rings. The molecule has 5 nitrogen and oxygen atoms in total. The van der Waals surface area contributed by atoms with Crippen molar-refractivity contribution < 1.29 is 13.2 Å². The fourth-order valence-corrected chi connectivity index (χ4v) is 3.07. The van der Waals surface area contributed by atoms with Gasteiger partial charge in [-0.1, -0.05) is 6.07 Å². The van der Waals surface area contributed by atoms with Gasteiger partial charge < -0.3 is 10.6 Å². The molecule has 2 rings (SSSR count). The zero-order valence-corrected chi connectivity index (χ0v) is 12.6. The molecule has 20 heavy (non-hydrogen) atoms. The van der Waals surface area contributed by atoms with E-state index in [2.05, 4.69) is 0 Å². The summed E-state index contributed by atoms with van der Waals surface area (Å²) in [6, 6.07) is 4.68. The van der Waals surface area contributed by atoms with Gasteiger partial charge in [0.1, 0.15) is 0 Å². The SMILES string of the molecule is Cc1ccc(S(C)(=O)=O)cc1C(=O)N1CCC[C@@H](N)C1. The third-order valence-corrected chi connectivity index (χ3v) is 4.72. The predicted octanol–water partition coefficient (Wildman–Crippen LogP) is 0.962. The van der Waals surface area contributed by atoms with Crippen molar-refractivity contribution in [2.45, 2.75) is 30.7 Å². The molecule has 6 heteroatoms. The minimum Gasteiger partial charge on any atom is -0.337 e. The molecule has 1 atom stereocenters. The van der Waals surface area contributed by atoms with Crippen molar-refractivity contribution in [2.24, 2.45) is 5.73 Å². The number of amides is 1. The minimum absolute atomic E-state index is 0.00564. The first kappa shape index (κ1) is 15.0. The molecule has 1 aromatic rings. The Hall–Kier alpha value is -1.40. The second kappa shape index (κ2) is 5.54. The molecule has 110 valence electrons. The van der Waals surface area contributed by atoms with E-state index in [9.17, 15) is 13.2 Å². The van der Waals surface area contributed by atoms with Gasteiger partial charge in [-0.15, -0.1) is 0 Å². The summed E-state index contributed by atoms with van der Waals surface area (Å²) >= 11 is 0. The number of likely N-dealkylation sites (tertiary alicyclic amines) is 1. The molecule has 1 aliphatic heterocycles. The van der Waals surface area contributed by atoms with Gasteiger partial charge in [0.05, 0.1) is 4.90 Å². The van der Waals surface area contributed by atoms with Gasteiger partial charge in [0.15, 0.2) is 9.84 Å². The van der Waals surface area contributed by atoms with E-state index < -0.39 is 9.84 Å². The number of piperidine rings is 1. The third-order valence-electron chi connectivity index (χ3n) is 3.61. The van der Waals surface area contributed by atoms with Gasteiger partial charge in [-0.05, 0) is 37.5 Å². The summed E-state index contributed by atoms with van der Waals surface area (Å²) in [5, 5.41) is 0. The van der Waals surface area contributed by atoms with Crippen LogP contribution in [0.1, 0.15) is 28.8 Å². The number of carbonyl (C=O) groups is 1. The van der Waals surface area contributed by atoms with Crippen molar-refractivity contribution in [2.75, 3.05) is 19.3 Å². The fraction of sp³-hybridized carbons (Fsp3) is 0.500. The number of hydrogen-bond donors (Lipinski definition) is 1. The third kappa shape index (κ3) is 3.19. The summed E-state index contributed by atoms with van der Waals surface area (Å²) in [6.45, 7) is 3.01. The monoisotopic (exact) mass is 296 g/mol. The first-order valence-corrected chi connectivity index (χ1v) is 8.54. The van der Waals surface area contributed by atoms with Crippen LogP contribution < -0.4 is 5.73 Å². The van der Waals surface area contributed by atoms with Gasteiger partial charge in [-0.2, -0.15) is 0 Å². The maximum absolute atomic E-state index is 12.5. The van der Waals surface area contributed by atoms with Crippen LogP contribution in [0.25, 0.3) is 0 Å². The number of nitrogens with zero attached hydrogens (tertiary/aromatic N) is 1. The van der Waals surface area contributed by atoms with E-state index in [-0.39, 0.29) is 16.8 Å². The van der Waals surface area contributed by atoms with Crippen LogP contribution in [0.2, 0.25) is 0 Å². The minimum atomic E-state index is -3.31. The van der Waals surface area contributed by atoms with Gasteiger partial charge >= 0.3 is 0 Å². The van der Waals surface area contributed by atoms with Crippen LogP contribution in [-0.2, 0) is 9.84 Å². The number of nitrogens with two attached hydrogens (primary N) is 1. The Morgan fingerprint density at radius 3 is 2.70 bits per heavy atom. The highest BCUT2D eigenvalue weighted by Gasteiger charge is 2.24. The Labute approximate surface area is 119 Å². The summed E-state index contributed by atoms with van der Waals surface area (Å²) in [4.78, 5) is 14.4. The molecule has 0 spiro atoms. The molecular weight excluding hydrogens is 276 g/mol. The number of sulfone groups is 1. The topological polar surface area (TPSA) is 80.5 Å². The number of aryl methyl sites for hydroxylation is 1. The number of hydrogen-bond acceptors (Lipinski definition) is 4. The summed E-state index contributed by atoms with van der Waals surface area (Å²) in [7, 11) is -3.31. The van der Waals surface area contributed by atoms with Gasteiger partial charge in [0.2, 0.25) is 0 Å². The van der Waals surface area contributed by atoms with E-state index in [0.29, 0.717) is 18.7 Å². The Morgan fingerprint density at radius 1 is 1.40 bits per heavy atom.